The molecule has 3 heteroatoms. The predicted octanol–water partition coefficient (Wildman–Crippen LogP) is 3.74. The second kappa shape index (κ2) is 5.67. The minimum absolute atomic E-state index is 0.234. The molecule has 1 saturated carbocycles. The Balaban J connectivity index is 2.08. The van der Waals surface area contributed by atoms with Crippen LogP contribution in [-0.2, 0) is 0 Å². The maximum absolute atomic E-state index is 8.91. The van der Waals surface area contributed by atoms with E-state index in [0.29, 0.717) is 12.2 Å². The van der Waals surface area contributed by atoms with Crippen LogP contribution >= 0.6 is 12.6 Å². The summed E-state index contributed by atoms with van der Waals surface area (Å²) in [5.41, 5.74) is 1.97. The molecule has 0 saturated heterocycles. The number of aryl methyl sites for hydroxylation is 1. The summed E-state index contributed by atoms with van der Waals surface area (Å²) in [6.45, 7) is 2.73. The molecule has 1 aliphatic rings. The van der Waals surface area contributed by atoms with E-state index < -0.39 is 0 Å². The second-order valence-corrected chi connectivity index (χ2v) is 5.56. The molecule has 0 amide bonds. The second-order valence-electron chi connectivity index (χ2n) is 5.25. The number of hydrogen-bond donors (Lipinski definition) is 1. The lowest BCUT2D eigenvalue weighted by Gasteiger charge is -2.27. The van der Waals surface area contributed by atoms with Crippen LogP contribution in [0.15, 0.2) is 18.2 Å². The van der Waals surface area contributed by atoms with Crippen molar-refractivity contribution in [3.05, 3.63) is 29.3 Å². The quantitative estimate of drug-likeness (QED) is 0.838. The first-order valence-corrected chi connectivity index (χ1v) is 7.07. The standard InChI is InChI=1S/C15H19NOS/c1-12-4-5-13(9-16)8-14(12)17-10-15(11-18)6-2-3-7-15/h4-5,8,18H,2-3,6-7,10-11H2,1H3. The van der Waals surface area contributed by atoms with E-state index in [1.807, 2.05) is 25.1 Å². The van der Waals surface area contributed by atoms with Crippen LogP contribution in [0, 0.1) is 23.7 Å². The monoisotopic (exact) mass is 261 g/mol. The van der Waals surface area contributed by atoms with Crippen LogP contribution in [0.4, 0.5) is 0 Å². The predicted molar refractivity (Wildman–Crippen MR) is 76.1 cm³/mol. The molecule has 1 fully saturated rings. The minimum Gasteiger partial charge on any atom is -0.493 e. The zero-order valence-corrected chi connectivity index (χ0v) is 11.7. The number of nitrogens with zero attached hydrogens (tertiary/aromatic N) is 1. The van der Waals surface area contributed by atoms with Crippen molar-refractivity contribution in [2.75, 3.05) is 12.4 Å². The number of rotatable bonds is 4. The zero-order valence-electron chi connectivity index (χ0n) is 10.8. The van der Waals surface area contributed by atoms with Gasteiger partial charge < -0.3 is 4.74 Å². The lowest BCUT2D eigenvalue weighted by molar-refractivity contribution is 0.172. The smallest absolute Gasteiger partial charge is 0.123 e. The molecule has 0 spiro atoms. The van der Waals surface area contributed by atoms with Crippen LogP contribution in [0.3, 0.4) is 0 Å². The van der Waals surface area contributed by atoms with Gasteiger partial charge in [-0.1, -0.05) is 18.9 Å². The number of hydrogen-bond acceptors (Lipinski definition) is 3. The topological polar surface area (TPSA) is 33.0 Å². The fourth-order valence-corrected chi connectivity index (χ4v) is 2.94. The third-order valence-corrected chi connectivity index (χ3v) is 4.52. The fourth-order valence-electron chi connectivity index (χ4n) is 2.53. The molecule has 0 unspecified atom stereocenters. The largest absolute Gasteiger partial charge is 0.493 e. The van der Waals surface area contributed by atoms with Gasteiger partial charge in [0.15, 0.2) is 0 Å². The van der Waals surface area contributed by atoms with Crippen LogP contribution in [0.2, 0.25) is 0 Å². The normalized spacial score (nSPS) is 17.4. The highest BCUT2D eigenvalue weighted by Gasteiger charge is 2.33. The van der Waals surface area contributed by atoms with Gasteiger partial charge in [0.2, 0.25) is 0 Å². The number of thiol groups is 1. The Kier molecular flexibility index (Phi) is 4.19. The van der Waals surface area contributed by atoms with Gasteiger partial charge in [0.1, 0.15) is 5.75 Å². The zero-order chi connectivity index (χ0) is 13.0. The molecule has 1 aromatic rings. The summed E-state index contributed by atoms with van der Waals surface area (Å²) in [7, 11) is 0. The number of ether oxygens (including phenoxy) is 1. The Bertz CT molecular complexity index is 458. The first-order chi connectivity index (χ1) is 8.69. The highest BCUT2D eigenvalue weighted by molar-refractivity contribution is 7.80. The van der Waals surface area contributed by atoms with E-state index >= 15 is 0 Å². The molecular weight excluding hydrogens is 242 g/mol. The van der Waals surface area contributed by atoms with Crippen molar-refractivity contribution in [3.8, 4) is 11.8 Å². The summed E-state index contributed by atoms with van der Waals surface area (Å²) in [5, 5.41) is 8.91. The highest BCUT2D eigenvalue weighted by atomic mass is 32.1. The molecule has 18 heavy (non-hydrogen) atoms. The van der Waals surface area contributed by atoms with Gasteiger partial charge >= 0.3 is 0 Å². The van der Waals surface area contributed by atoms with E-state index in [1.54, 1.807) is 0 Å². The van der Waals surface area contributed by atoms with Crippen molar-refractivity contribution in [3.63, 3.8) is 0 Å². The Hall–Kier alpha value is -1.14. The number of benzene rings is 1. The Morgan fingerprint density at radius 3 is 2.72 bits per heavy atom. The van der Waals surface area contributed by atoms with Gasteiger partial charge in [0.25, 0.3) is 0 Å². The van der Waals surface area contributed by atoms with Crippen molar-refractivity contribution in [1.82, 2.24) is 0 Å². The Labute approximate surface area is 114 Å². The summed E-state index contributed by atoms with van der Waals surface area (Å²) in [6, 6.07) is 7.75. The SMILES string of the molecule is Cc1ccc(C#N)cc1OCC1(CS)CCCC1. The number of nitriles is 1. The average Bonchev–Trinajstić information content (AvgIpc) is 2.87. The van der Waals surface area contributed by atoms with Crippen LogP contribution in [-0.4, -0.2) is 12.4 Å². The van der Waals surface area contributed by atoms with Crippen molar-refractivity contribution < 1.29 is 4.74 Å². The third kappa shape index (κ3) is 2.81. The van der Waals surface area contributed by atoms with Crippen molar-refractivity contribution in [1.29, 1.82) is 5.26 Å². The molecule has 1 aromatic carbocycles. The molecule has 1 aliphatic carbocycles. The molecule has 96 valence electrons. The van der Waals surface area contributed by atoms with Crippen LogP contribution in [0.5, 0.6) is 5.75 Å². The summed E-state index contributed by atoms with van der Waals surface area (Å²) in [6.07, 6.45) is 4.96. The summed E-state index contributed by atoms with van der Waals surface area (Å²) < 4.78 is 5.96. The third-order valence-electron chi connectivity index (χ3n) is 3.85. The maximum atomic E-state index is 8.91. The van der Waals surface area contributed by atoms with Gasteiger partial charge in [0.05, 0.1) is 18.2 Å². The van der Waals surface area contributed by atoms with Crippen LogP contribution in [0.1, 0.15) is 36.8 Å². The van der Waals surface area contributed by atoms with Crippen molar-refractivity contribution in [2.24, 2.45) is 5.41 Å². The Morgan fingerprint density at radius 2 is 2.11 bits per heavy atom. The molecule has 2 rings (SSSR count). The first kappa shape index (κ1) is 13.3. The molecule has 0 radical (unpaired) electrons. The highest BCUT2D eigenvalue weighted by Crippen LogP contribution is 2.39. The van der Waals surface area contributed by atoms with Gasteiger partial charge in [-0.05, 0) is 43.2 Å². The van der Waals surface area contributed by atoms with E-state index in [0.717, 1.165) is 17.1 Å². The lowest BCUT2D eigenvalue weighted by Crippen LogP contribution is -2.27. The van der Waals surface area contributed by atoms with Gasteiger partial charge in [0, 0.05) is 5.41 Å². The van der Waals surface area contributed by atoms with Gasteiger partial charge in [-0.3, -0.25) is 0 Å². The van der Waals surface area contributed by atoms with E-state index in [1.165, 1.54) is 25.7 Å². The van der Waals surface area contributed by atoms with E-state index in [-0.39, 0.29) is 5.41 Å². The molecule has 0 heterocycles. The van der Waals surface area contributed by atoms with E-state index in [9.17, 15) is 0 Å². The average molecular weight is 261 g/mol. The van der Waals surface area contributed by atoms with Crippen LogP contribution in [0.25, 0.3) is 0 Å². The molecule has 2 nitrogen and oxygen atoms in total. The maximum Gasteiger partial charge on any atom is 0.123 e. The van der Waals surface area contributed by atoms with Crippen LogP contribution < -0.4 is 4.74 Å². The molecule has 0 bridgehead atoms. The summed E-state index contributed by atoms with van der Waals surface area (Å²) >= 11 is 4.48. The summed E-state index contributed by atoms with van der Waals surface area (Å²) in [5.74, 6) is 1.71. The molecule has 0 atom stereocenters. The van der Waals surface area contributed by atoms with Gasteiger partial charge in [-0.15, -0.1) is 0 Å². The molecular formula is C15H19NOS. The van der Waals surface area contributed by atoms with E-state index in [2.05, 4.69) is 18.7 Å². The Morgan fingerprint density at radius 1 is 1.39 bits per heavy atom. The molecule has 0 N–H and O–H groups in total. The van der Waals surface area contributed by atoms with Crippen molar-refractivity contribution >= 4 is 12.6 Å². The van der Waals surface area contributed by atoms with Gasteiger partial charge in [-0.2, -0.15) is 17.9 Å². The molecule has 0 aliphatic heterocycles. The summed E-state index contributed by atoms with van der Waals surface area (Å²) in [4.78, 5) is 0. The van der Waals surface area contributed by atoms with Crippen molar-refractivity contribution in [2.45, 2.75) is 32.6 Å². The first-order valence-electron chi connectivity index (χ1n) is 6.43. The van der Waals surface area contributed by atoms with Gasteiger partial charge in [-0.25, -0.2) is 0 Å². The fraction of sp³-hybridized carbons (Fsp3) is 0.533. The van der Waals surface area contributed by atoms with E-state index in [4.69, 9.17) is 10.00 Å². The molecule has 0 aromatic heterocycles. The lowest BCUT2D eigenvalue weighted by atomic mass is 9.90. The minimum atomic E-state index is 0.234.